The van der Waals surface area contributed by atoms with Gasteiger partial charge in [-0.1, -0.05) is 260 Å². The van der Waals surface area contributed by atoms with Crippen LogP contribution >= 0.6 is 7.82 Å². The van der Waals surface area contributed by atoms with Crippen molar-refractivity contribution < 1.29 is 37.6 Å². The molecule has 0 aliphatic carbocycles. The summed E-state index contributed by atoms with van der Waals surface area (Å²) in [6.45, 7) is 3.39. The van der Waals surface area contributed by atoms with E-state index in [4.69, 9.17) is 24.3 Å². The van der Waals surface area contributed by atoms with Crippen LogP contribution in [0.3, 0.4) is 0 Å². The van der Waals surface area contributed by atoms with Crippen LogP contribution in [0.25, 0.3) is 0 Å². The number of hydrogen-bond donors (Lipinski definition) is 2. The lowest BCUT2D eigenvalue weighted by atomic mass is 10.0. The molecule has 2 unspecified atom stereocenters. The van der Waals surface area contributed by atoms with Crippen molar-refractivity contribution in [3.8, 4) is 0 Å². The maximum absolute atomic E-state index is 12.7. The second-order valence-corrected chi connectivity index (χ2v) is 20.9. The molecule has 0 saturated carbocycles. The van der Waals surface area contributed by atoms with Crippen molar-refractivity contribution in [3.63, 3.8) is 0 Å². The number of carbonyl (C=O) groups is 2. The molecule has 81 heavy (non-hydrogen) atoms. The van der Waals surface area contributed by atoms with Crippen LogP contribution in [-0.2, 0) is 32.7 Å². The third-order valence-electron chi connectivity index (χ3n) is 12.0. The highest BCUT2D eigenvalue weighted by Crippen LogP contribution is 2.43. The average Bonchev–Trinajstić information content (AvgIpc) is 3.46. The number of phosphoric ester groups is 1. The fourth-order valence-corrected chi connectivity index (χ4v) is 8.28. The van der Waals surface area contributed by atoms with E-state index in [1.54, 1.807) is 0 Å². The van der Waals surface area contributed by atoms with Gasteiger partial charge in [0, 0.05) is 19.4 Å². The third-order valence-corrected chi connectivity index (χ3v) is 13.0. The number of rotatable bonds is 55. The highest BCUT2D eigenvalue weighted by Gasteiger charge is 2.26. The summed E-state index contributed by atoms with van der Waals surface area (Å²) in [6.07, 6.45) is 98.0. The highest BCUT2D eigenvalue weighted by atomic mass is 31.2. The first-order valence-corrected chi connectivity index (χ1v) is 32.4. The molecule has 0 saturated heterocycles. The molecule has 0 aromatic carbocycles. The second kappa shape index (κ2) is 64.0. The summed E-state index contributed by atoms with van der Waals surface area (Å²) in [4.78, 5) is 35.1. The molecule has 0 radical (unpaired) electrons. The number of esters is 2. The molecule has 0 rings (SSSR count). The summed E-state index contributed by atoms with van der Waals surface area (Å²) in [5.74, 6) is -0.947. The Morgan fingerprint density at radius 3 is 1.00 bits per heavy atom. The molecule has 3 N–H and O–H groups in total. The summed E-state index contributed by atoms with van der Waals surface area (Å²) in [5, 5.41) is 0. The molecule has 0 fully saturated rings. The number of carbonyl (C=O) groups excluding carboxylic acids is 2. The minimum Gasteiger partial charge on any atom is -0.462 e. The summed E-state index contributed by atoms with van der Waals surface area (Å²) in [6, 6.07) is 0. The Morgan fingerprint density at radius 1 is 0.370 bits per heavy atom. The lowest BCUT2D eigenvalue weighted by Gasteiger charge is -2.19. The number of unbranched alkanes of at least 4 members (excludes halogenated alkanes) is 10. The number of phosphoric acid groups is 1. The smallest absolute Gasteiger partial charge is 0.462 e. The molecular formula is C71H110NO8P. The molecule has 0 amide bonds. The van der Waals surface area contributed by atoms with E-state index in [9.17, 15) is 19.0 Å². The topological polar surface area (TPSA) is 134 Å². The van der Waals surface area contributed by atoms with Crippen LogP contribution in [0.5, 0.6) is 0 Å². The van der Waals surface area contributed by atoms with Gasteiger partial charge in [0.2, 0.25) is 0 Å². The fraction of sp³-hybridized carbons (Fsp3) is 0.521. The first-order chi connectivity index (χ1) is 39.8. The van der Waals surface area contributed by atoms with Crippen LogP contribution in [0.1, 0.15) is 206 Å². The maximum Gasteiger partial charge on any atom is 0.472 e. The third kappa shape index (κ3) is 63.9. The average molecular weight is 1140 g/mol. The monoisotopic (exact) mass is 1140 g/mol. The van der Waals surface area contributed by atoms with Crippen molar-refractivity contribution in [1.29, 1.82) is 0 Å². The Hall–Kier alpha value is -5.15. The molecule has 10 heteroatoms. The number of nitrogens with two attached hydrogens (primary N) is 1. The predicted octanol–water partition coefficient (Wildman–Crippen LogP) is 20.2. The van der Waals surface area contributed by atoms with E-state index in [1.807, 2.05) is 12.2 Å². The van der Waals surface area contributed by atoms with Gasteiger partial charge in [-0.2, -0.15) is 0 Å². The van der Waals surface area contributed by atoms with Gasteiger partial charge in [-0.05, 0) is 128 Å². The minimum atomic E-state index is -4.42. The van der Waals surface area contributed by atoms with Gasteiger partial charge in [0.1, 0.15) is 6.61 Å². The minimum absolute atomic E-state index is 0.0329. The van der Waals surface area contributed by atoms with Gasteiger partial charge in [0.15, 0.2) is 6.10 Å². The number of hydrogen-bond acceptors (Lipinski definition) is 8. The fourth-order valence-electron chi connectivity index (χ4n) is 7.51. The van der Waals surface area contributed by atoms with Crippen molar-refractivity contribution in [2.75, 3.05) is 26.4 Å². The molecule has 0 spiro atoms. The lowest BCUT2D eigenvalue weighted by Crippen LogP contribution is -2.29. The van der Waals surface area contributed by atoms with Crippen LogP contribution in [-0.4, -0.2) is 49.3 Å². The Kier molecular flexibility index (Phi) is 60.0. The lowest BCUT2D eigenvalue weighted by molar-refractivity contribution is -0.161. The van der Waals surface area contributed by atoms with Crippen LogP contribution in [0.15, 0.2) is 194 Å². The zero-order valence-corrected chi connectivity index (χ0v) is 51.3. The molecule has 0 aromatic rings. The maximum atomic E-state index is 12.7. The summed E-state index contributed by atoms with van der Waals surface area (Å²) in [7, 11) is -4.42. The number of allylic oxidation sites excluding steroid dienone is 32. The van der Waals surface area contributed by atoms with Gasteiger partial charge >= 0.3 is 19.8 Å². The van der Waals surface area contributed by atoms with E-state index in [2.05, 4.69) is 196 Å². The Labute approximate surface area is 494 Å². The van der Waals surface area contributed by atoms with Gasteiger partial charge in [0.05, 0.1) is 13.2 Å². The van der Waals surface area contributed by atoms with Crippen LogP contribution in [0.2, 0.25) is 0 Å². The number of ether oxygens (including phenoxy) is 2. The SMILES string of the molecule is CC/C=C\C/C=C\C/C=C\C/C=C\C/C=C\C/C=C\C/C=C\C/C=C\C/C=C\C/C=C\CCCCCCCCCCCCC(=O)OC(COC(=O)CC/C=C\C/C=C\C/C=C\C/C=C\C/C=C\C/C=C\CC)COP(=O)(O)OCCN. The Morgan fingerprint density at radius 2 is 0.667 bits per heavy atom. The molecule has 2 atom stereocenters. The van der Waals surface area contributed by atoms with Gasteiger partial charge < -0.3 is 20.1 Å². The summed E-state index contributed by atoms with van der Waals surface area (Å²) in [5.41, 5.74) is 5.38. The van der Waals surface area contributed by atoms with Gasteiger partial charge in [-0.15, -0.1) is 0 Å². The van der Waals surface area contributed by atoms with Crippen molar-refractivity contribution in [3.05, 3.63) is 194 Å². The predicted molar refractivity (Wildman–Crippen MR) is 348 cm³/mol. The van der Waals surface area contributed by atoms with Crippen LogP contribution < -0.4 is 5.73 Å². The second-order valence-electron chi connectivity index (χ2n) is 19.5. The van der Waals surface area contributed by atoms with Gasteiger partial charge in [0.25, 0.3) is 0 Å². The first kappa shape index (κ1) is 75.8. The highest BCUT2D eigenvalue weighted by molar-refractivity contribution is 7.47. The quantitative estimate of drug-likeness (QED) is 0.0264. The summed E-state index contributed by atoms with van der Waals surface area (Å²) >= 11 is 0. The van der Waals surface area contributed by atoms with E-state index < -0.39 is 32.5 Å². The van der Waals surface area contributed by atoms with Crippen LogP contribution in [0, 0.1) is 0 Å². The van der Waals surface area contributed by atoms with Crippen LogP contribution in [0.4, 0.5) is 0 Å². The molecule has 0 aromatic heterocycles. The summed E-state index contributed by atoms with van der Waals surface area (Å²) < 4.78 is 32.9. The molecule has 0 bridgehead atoms. The molecular weight excluding hydrogens is 1030 g/mol. The van der Waals surface area contributed by atoms with Crippen molar-refractivity contribution in [2.24, 2.45) is 5.73 Å². The van der Waals surface area contributed by atoms with E-state index >= 15 is 0 Å². The standard InChI is InChI=1S/C71H110NO8P/c1-3-5-7-9-11-13-15-17-19-21-23-24-25-26-27-28-29-30-31-32-33-34-35-36-37-38-39-40-41-42-43-44-46-48-50-52-54-56-58-60-62-64-71(74)80-69(68-79-81(75,76)78-66-65-72)67-77-70(73)63-61-59-57-55-53-51-49-47-45-22-20-18-16-14-12-10-8-6-4-2/h5-8,11-14,17-20,23-24,26-27,29-30,32-33,35-36,38-39,41-42,45,47,51,53,57,59,69H,3-4,9-10,15-16,21-22,25,28,31,34,37,40,43-44,46,48-50,52,54-56,58,60-68,72H2,1-2H3,(H,75,76)/b7-5-,8-6-,13-11-,14-12-,19-17-,20-18-,24-23-,27-26-,30-29-,33-32-,36-35-,39-38-,42-41-,47-45-,53-51-,59-57-. The molecule has 0 heterocycles. The molecule has 452 valence electrons. The molecule has 0 aliphatic heterocycles. The van der Waals surface area contributed by atoms with Gasteiger partial charge in [-0.25, -0.2) is 4.57 Å². The zero-order chi connectivity index (χ0) is 58.7. The van der Waals surface area contributed by atoms with E-state index in [-0.39, 0.29) is 32.6 Å². The van der Waals surface area contributed by atoms with Crippen molar-refractivity contribution >= 4 is 19.8 Å². The Bertz CT molecular complexity index is 2020. The largest absolute Gasteiger partial charge is 0.472 e. The zero-order valence-electron chi connectivity index (χ0n) is 50.4. The van der Waals surface area contributed by atoms with E-state index in [1.165, 1.54) is 38.5 Å². The van der Waals surface area contributed by atoms with E-state index in [0.29, 0.717) is 12.8 Å². The first-order valence-electron chi connectivity index (χ1n) is 30.9. The van der Waals surface area contributed by atoms with E-state index in [0.717, 1.165) is 128 Å². The molecule has 0 aliphatic rings. The van der Waals surface area contributed by atoms with Gasteiger partial charge in [-0.3, -0.25) is 18.6 Å². The normalized spacial score (nSPS) is 14.4. The molecule has 9 nitrogen and oxygen atoms in total. The Balaban J connectivity index is 4.05. The van der Waals surface area contributed by atoms with Crippen molar-refractivity contribution in [2.45, 2.75) is 213 Å². The van der Waals surface area contributed by atoms with Crippen molar-refractivity contribution in [1.82, 2.24) is 0 Å².